The second-order valence-electron chi connectivity index (χ2n) is 7.78. The first-order chi connectivity index (χ1) is 12.7. The summed E-state index contributed by atoms with van der Waals surface area (Å²) >= 11 is 7.26. The smallest absolute Gasteiger partial charge is 0.314 e. The first-order valence-electron chi connectivity index (χ1n) is 8.35. The molecule has 2 saturated heterocycles. The molecule has 0 bridgehead atoms. The predicted molar refractivity (Wildman–Crippen MR) is 105 cm³/mol. The Morgan fingerprint density at radius 1 is 1.25 bits per heavy atom. The number of anilines is 1. The van der Waals surface area contributed by atoms with Gasteiger partial charge in [-0.25, -0.2) is 8.42 Å². The van der Waals surface area contributed by atoms with Crippen LogP contribution in [0.3, 0.4) is 0 Å². The summed E-state index contributed by atoms with van der Waals surface area (Å²) in [6.45, 7) is 5.02. The molecule has 2 atom stereocenters. The number of rotatable bonds is 1. The van der Waals surface area contributed by atoms with Crippen molar-refractivity contribution in [2.75, 3.05) is 16.4 Å². The average molecular weight is 455 g/mol. The number of amides is 1. The molecule has 11 heteroatoms. The normalized spacial score (nSPS) is 26.0. The lowest BCUT2D eigenvalue weighted by Crippen LogP contribution is -2.38. The summed E-state index contributed by atoms with van der Waals surface area (Å²) < 4.78 is 63.7. The van der Waals surface area contributed by atoms with Gasteiger partial charge < -0.3 is 4.90 Å². The molecule has 0 radical (unpaired) electrons. The predicted octanol–water partition coefficient (Wildman–Crippen LogP) is 4.01. The summed E-state index contributed by atoms with van der Waals surface area (Å²) in [5.41, 5.74) is -1.71. The summed E-state index contributed by atoms with van der Waals surface area (Å²) in [6, 6.07) is 2.20. The number of thioether (sulfide) groups is 1. The lowest BCUT2D eigenvalue weighted by Gasteiger charge is -2.26. The van der Waals surface area contributed by atoms with E-state index in [9.17, 15) is 26.4 Å². The van der Waals surface area contributed by atoms with E-state index < -0.39 is 44.2 Å². The van der Waals surface area contributed by atoms with Crippen LogP contribution in [0, 0.1) is 5.41 Å². The third-order valence-corrected chi connectivity index (χ3v) is 7.97. The van der Waals surface area contributed by atoms with Crippen molar-refractivity contribution < 1.29 is 26.4 Å². The zero-order valence-electron chi connectivity index (χ0n) is 15.2. The molecule has 0 aromatic heterocycles. The van der Waals surface area contributed by atoms with Crippen molar-refractivity contribution in [1.29, 1.82) is 0 Å². The van der Waals surface area contributed by atoms with Gasteiger partial charge in [-0.3, -0.25) is 4.79 Å². The van der Waals surface area contributed by atoms with Gasteiger partial charge in [0.1, 0.15) is 0 Å². The molecule has 28 heavy (non-hydrogen) atoms. The minimum atomic E-state index is -4.59. The molecule has 0 saturated carbocycles. The van der Waals surface area contributed by atoms with Gasteiger partial charge in [-0.05, 0) is 18.2 Å². The number of hydrogen-bond donors (Lipinski definition) is 0. The van der Waals surface area contributed by atoms with Gasteiger partial charge >= 0.3 is 6.18 Å². The van der Waals surface area contributed by atoms with Gasteiger partial charge in [-0.2, -0.15) is 18.2 Å². The standard InChI is InChI=1S/C17H18ClF3N2O3S2/c1-16(2,3)14(24)22-15-23(12-7-28(25,26)8-13(12)27-15)11-6-9(17(19,20)21)4-5-10(11)18/h4-6,12-13H,7-8H2,1-3H3/t12-,13-/m1/s1. The lowest BCUT2D eigenvalue weighted by atomic mass is 9.96. The van der Waals surface area contributed by atoms with Crippen molar-refractivity contribution in [3.8, 4) is 0 Å². The zero-order valence-corrected chi connectivity index (χ0v) is 17.6. The van der Waals surface area contributed by atoms with Crippen LogP contribution < -0.4 is 4.90 Å². The number of aliphatic imine (C=N–C) groups is 1. The number of carbonyl (C=O) groups excluding carboxylic acids is 1. The molecule has 1 amide bonds. The second-order valence-corrected chi connectivity index (χ2v) is 11.6. The van der Waals surface area contributed by atoms with Crippen molar-refractivity contribution in [3.05, 3.63) is 28.8 Å². The first kappa shape index (κ1) is 21.4. The van der Waals surface area contributed by atoms with Crippen LogP contribution in [-0.2, 0) is 20.8 Å². The van der Waals surface area contributed by atoms with Crippen molar-refractivity contribution in [3.63, 3.8) is 0 Å². The van der Waals surface area contributed by atoms with Gasteiger partial charge in [0.25, 0.3) is 5.91 Å². The van der Waals surface area contributed by atoms with Crippen LogP contribution in [0.4, 0.5) is 18.9 Å². The molecule has 154 valence electrons. The summed E-state index contributed by atoms with van der Waals surface area (Å²) in [7, 11) is -3.35. The molecular formula is C17H18ClF3N2O3S2. The summed E-state index contributed by atoms with van der Waals surface area (Å²) in [6.07, 6.45) is -4.59. The van der Waals surface area contributed by atoms with Crippen LogP contribution in [0.1, 0.15) is 26.3 Å². The fraction of sp³-hybridized carbons (Fsp3) is 0.529. The van der Waals surface area contributed by atoms with E-state index >= 15 is 0 Å². The number of nitrogens with zero attached hydrogens (tertiary/aromatic N) is 2. The van der Waals surface area contributed by atoms with Crippen molar-refractivity contribution in [1.82, 2.24) is 0 Å². The highest BCUT2D eigenvalue weighted by molar-refractivity contribution is 8.16. The maximum atomic E-state index is 13.2. The fourth-order valence-corrected chi connectivity index (χ4v) is 7.09. The van der Waals surface area contributed by atoms with E-state index in [-0.39, 0.29) is 27.4 Å². The Hall–Kier alpha value is -1.26. The number of fused-ring (bicyclic) bond motifs is 1. The Balaban J connectivity index is 2.13. The average Bonchev–Trinajstić information content (AvgIpc) is 2.97. The van der Waals surface area contributed by atoms with Gasteiger partial charge in [-0.15, -0.1) is 0 Å². The van der Waals surface area contributed by atoms with E-state index in [0.717, 1.165) is 30.0 Å². The number of carbonyl (C=O) groups is 1. The van der Waals surface area contributed by atoms with E-state index in [0.29, 0.717) is 0 Å². The molecule has 1 aromatic rings. The highest BCUT2D eigenvalue weighted by Gasteiger charge is 2.50. The molecule has 0 aliphatic carbocycles. The molecule has 0 spiro atoms. The zero-order chi connectivity index (χ0) is 21.1. The highest BCUT2D eigenvalue weighted by atomic mass is 35.5. The number of hydrogen-bond acceptors (Lipinski definition) is 4. The number of benzene rings is 1. The molecule has 1 aromatic carbocycles. The van der Waals surface area contributed by atoms with Crippen LogP contribution in [0.25, 0.3) is 0 Å². The largest absolute Gasteiger partial charge is 0.416 e. The second kappa shape index (κ2) is 6.91. The number of amidine groups is 1. The molecular weight excluding hydrogens is 437 g/mol. The van der Waals surface area contributed by atoms with Crippen molar-refractivity contribution >= 4 is 50.0 Å². The molecule has 2 heterocycles. The molecule has 0 N–H and O–H groups in total. The Morgan fingerprint density at radius 3 is 2.46 bits per heavy atom. The monoisotopic (exact) mass is 454 g/mol. The van der Waals surface area contributed by atoms with E-state index in [2.05, 4.69) is 4.99 Å². The van der Waals surface area contributed by atoms with E-state index in [1.54, 1.807) is 20.8 Å². The summed E-state index contributed by atoms with van der Waals surface area (Å²) in [5, 5.41) is -0.234. The molecule has 2 fully saturated rings. The lowest BCUT2D eigenvalue weighted by molar-refractivity contribution is -0.137. The van der Waals surface area contributed by atoms with Crippen molar-refractivity contribution in [2.24, 2.45) is 10.4 Å². The summed E-state index contributed by atoms with van der Waals surface area (Å²) in [5.74, 6) is -0.816. The van der Waals surface area contributed by atoms with E-state index in [4.69, 9.17) is 11.6 Å². The minimum absolute atomic E-state index is 0.00551. The van der Waals surface area contributed by atoms with Gasteiger partial charge in [-0.1, -0.05) is 44.1 Å². The van der Waals surface area contributed by atoms with Gasteiger partial charge in [0.2, 0.25) is 0 Å². The van der Waals surface area contributed by atoms with E-state index in [1.165, 1.54) is 4.90 Å². The Morgan fingerprint density at radius 2 is 1.89 bits per heavy atom. The Bertz CT molecular complexity index is 955. The van der Waals surface area contributed by atoms with Crippen molar-refractivity contribution in [2.45, 2.75) is 38.2 Å². The van der Waals surface area contributed by atoms with Crippen LogP contribution in [0.5, 0.6) is 0 Å². The third-order valence-electron chi connectivity index (χ3n) is 4.44. The maximum Gasteiger partial charge on any atom is 0.416 e. The fourth-order valence-electron chi connectivity index (χ4n) is 2.97. The SMILES string of the molecule is CC(C)(C)C(=O)N=C1S[C@@H]2CS(=O)(=O)C[C@H]2N1c1cc(C(F)(F)F)ccc1Cl. The summed E-state index contributed by atoms with van der Waals surface area (Å²) in [4.78, 5) is 17.9. The molecule has 2 aliphatic heterocycles. The molecule has 2 aliphatic rings. The third kappa shape index (κ3) is 4.18. The number of sulfone groups is 1. The van der Waals surface area contributed by atoms with Crippen LogP contribution in [0.15, 0.2) is 23.2 Å². The van der Waals surface area contributed by atoms with Crippen LogP contribution in [-0.4, -0.2) is 42.3 Å². The topological polar surface area (TPSA) is 66.8 Å². The van der Waals surface area contributed by atoms with Crippen LogP contribution >= 0.6 is 23.4 Å². The molecule has 3 rings (SSSR count). The van der Waals surface area contributed by atoms with Gasteiger partial charge in [0, 0.05) is 10.7 Å². The maximum absolute atomic E-state index is 13.2. The quantitative estimate of drug-likeness (QED) is 0.641. The molecule has 0 unspecified atom stereocenters. The minimum Gasteiger partial charge on any atom is -0.314 e. The van der Waals surface area contributed by atoms with Gasteiger partial charge in [0.05, 0.1) is 33.8 Å². The molecule has 5 nitrogen and oxygen atoms in total. The number of alkyl halides is 3. The first-order valence-corrected chi connectivity index (χ1v) is 11.4. The van der Waals surface area contributed by atoms with Crippen LogP contribution in [0.2, 0.25) is 5.02 Å². The van der Waals surface area contributed by atoms with E-state index in [1.807, 2.05) is 0 Å². The Kier molecular flexibility index (Phi) is 5.30. The Labute approximate surface area is 170 Å². The van der Waals surface area contributed by atoms with Gasteiger partial charge in [0.15, 0.2) is 15.0 Å². The highest BCUT2D eigenvalue weighted by Crippen LogP contribution is 2.45. The number of halogens is 4.